The fraction of sp³-hybridized carbons (Fsp3) is 0.462. The summed E-state index contributed by atoms with van der Waals surface area (Å²) in [7, 11) is -2.47. The maximum absolute atomic E-state index is 12.2. The molecule has 1 aliphatic carbocycles. The molecule has 1 N–H and O–H groups in total. The highest BCUT2D eigenvalue weighted by molar-refractivity contribution is 7.89. The first-order valence-corrected chi connectivity index (χ1v) is 7.59. The van der Waals surface area contributed by atoms with Crippen LogP contribution in [0.1, 0.15) is 31.2 Å². The van der Waals surface area contributed by atoms with Crippen LogP contribution in [-0.4, -0.2) is 36.9 Å². The van der Waals surface area contributed by atoms with Crippen molar-refractivity contribution in [3.05, 3.63) is 29.8 Å². The maximum atomic E-state index is 12.2. The molecule has 2 rings (SSSR count). The third-order valence-corrected chi connectivity index (χ3v) is 5.45. The van der Waals surface area contributed by atoms with Crippen molar-refractivity contribution in [2.45, 2.75) is 36.6 Å². The van der Waals surface area contributed by atoms with E-state index >= 15 is 0 Å². The highest BCUT2D eigenvalue weighted by Gasteiger charge is 2.30. The van der Waals surface area contributed by atoms with Crippen molar-refractivity contribution in [3.8, 4) is 0 Å². The van der Waals surface area contributed by atoms with Crippen molar-refractivity contribution in [1.82, 2.24) is 4.31 Å². The lowest BCUT2D eigenvalue weighted by molar-refractivity contribution is -0.140. The van der Waals surface area contributed by atoms with Gasteiger partial charge < -0.3 is 5.11 Å². The van der Waals surface area contributed by atoms with E-state index < -0.39 is 22.0 Å². The van der Waals surface area contributed by atoms with Gasteiger partial charge in [0.25, 0.3) is 0 Å². The predicted molar refractivity (Wildman–Crippen MR) is 70.5 cm³/mol. The Morgan fingerprint density at radius 3 is 2.26 bits per heavy atom. The summed E-state index contributed by atoms with van der Waals surface area (Å²) in [4.78, 5) is 11.0. The zero-order valence-electron chi connectivity index (χ0n) is 10.9. The average Bonchev–Trinajstić information content (AvgIpc) is 3.21. The summed E-state index contributed by atoms with van der Waals surface area (Å²) in [5, 5.41) is 8.88. The fourth-order valence-corrected chi connectivity index (χ4v) is 3.18. The smallest absolute Gasteiger partial charge is 0.321 e. The lowest BCUT2D eigenvalue weighted by Gasteiger charge is -2.21. The molecule has 0 saturated heterocycles. The topological polar surface area (TPSA) is 74.7 Å². The van der Waals surface area contributed by atoms with Crippen LogP contribution in [-0.2, 0) is 14.8 Å². The van der Waals surface area contributed by atoms with E-state index in [1.54, 1.807) is 12.1 Å². The van der Waals surface area contributed by atoms with Gasteiger partial charge in [0, 0.05) is 7.05 Å². The molecule has 0 spiro atoms. The third-order valence-electron chi connectivity index (χ3n) is 3.51. The van der Waals surface area contributed by atoms with Crippen molar-refractivity contribution in [3.63, 3.8) is 0 Å². The minimum atomic E-state index is -3.75. The molecule has 6 heteroatoms. The van der Waals surface area contributed by atoms with Crippen LogP contribution in [0, 0.1) is 0 Å². The van der Waals surface area contributed by atoms with E-state index in [1.807, 2.05) is 12.1 Å². The molecule has 104 valence electrons. The van der Waals surface area contributed by atoms with Gasteiger partial charge in [-0.25, -0.2) is 8.42 Å². The summed E-state index contributed by atoms with van der Waals surface area (Å²) in [5.41, 5.74) is 1.15. The molecule has 0 bridgehead atoms. The first-order valence-electron chi connectivity index (χ1n) is 6.15. The number of aliphatic carboxylic acids is 1. The Hall–Kier alpha value is -1.40. The van der Waals surface area contributed by atoms with E-state index in [1.165, 1.54) is 14.0 Å². The zero-order chi connectivity index (χ0) is 14.2. The van der Waals surface area contributed by atoms with Crippen LogP contribution >= 0.6 is 0 Å². The van der Waals surface area contributed by atoms with Gasteiger partial charge in [-0.3, -0.25) is 4.79 Å². The number of nitrogens with zero attached hydrogens (tertiary/aromatic N) is 1. The summed E-state index contributed by atoms with van der Waals surface area (Å²) >= 11 is 0. The van der Waals surface area contributed by atoms with Crippen LogP contribution < -0.4 is 0 Å². The molecule has 5 nitrogen and oxygen atoms in total. The molecule has 1 fully saturated rings. The van der Waals surface area contributed by atoms with Crippen molar-refractivity contribution in [2.75, 3.05) is 7.05 Å². The van der Waals surface area contributed by atoms with Crippen LogP contribution in [0.2, 0.25) is 0 Å². The first-order chi connectivity index (χ1) is 8.84. The number of hydrogen-bond donors (Lipinski definition) is 1. The Morgan fingerprint density at radius 2 is 1.84 bits per heavy atom. The minimum absolute atomic E-state index is 0.132. The number of hydrogen-bond acceptors (Lipinski definition) is 3. The summed E-state index contributed by atoms with van der Waals surface area (Å²) in [6, 6.07) is 5.63. The summed E-state index contributed by atoms with van der Waals surface area (Å²) in [6.07, 6.45) is 2.31. The molecule has 1 saturated carbocycles. The Balaban J connectivity index is 2.25. The van der Waals surface area contributed by atoms with Gasteiger partial charge in [-0.2, -0.15) is 4.31 Å². The number of carbonyl (C=O) groups is 1. The lowest BCUT2D eigenvalue weighted by Crippen LogP contribution is -2.40. The summed E-state index contributed by atoms with van der Waals surface area (Å²) in [5.74, 6) is -0.604. The van der Waals surface area contributed by atoms with Gasteiger partial charge in [0.15, 0.2) is 0 Å². The Bertz CT molecular complexity index is 575. The molecule has 1 aromatic rings. The van der Waals surface area contributed by atoms with Crippen molar-refractivity contribution < 1.29 is 18.3 Å². The van der Waals surface area contributed by atoms with Gasteiger partial charge in [-0.05, 0) is 43.4 Å². The molecule has 1 atom stereocenters. The monoisotopic (exact) mass is 283 g/mol. The third kappa shape index (κ3) is 2.79. The van der Waals surface area contributed by atoms with Crippen molar-refractivity contribution in [1.29, 1.82) is 0 Å². The van der Waals surface area contributed by atoms with Crippen LogP contribution in [0.4, 0.5) is 0 Å². The molecular weight excluding hydrogens is 266 g/mol. The number of rotatable bonds is 5. The van der Waals surface area contributed by atoms with E-state index in [9.17, 15) is 13.2 Å². The first kappa shape index (κ1) is 14.0. The van der Waals surface area contributed by atoms with E-state index in [-0.39, 0.29) is 4.90 Å². The number of carboxylic acids is 1. The zero-order valence-corrected chi connectivity index (χ0v) is 11.7. The minimum Gasteiger partial charge on any atom is -0.480 e. The van der Waals surface area contributed by atoms with Crippen molar-refractivity contribution in [2.24, 2.45) is 0 Å². The Morgan fingerprint density at radius 1 is 1.32 bits per heavy atom. The predicted octanol–water partition coefficient (Wildman–Crippen LogP) is 1.66. The van der Waals surface area contributed by atoms with Crippen LogP contribution in [0.3, 0.4) is 0 Å². The molecule has 1 aliphatic rings. The average molecular weight is 283 g/mol. The van der Waals surface area contributed by atoms with E-state index in [0.29, 0.717) is 5.92 Å². The largest absolute Gasteiger partial charge is 0.480 e. The molecule has 1 aromatic carbocycles. The Kier molecular flexibility index (Phi) is 3.64. The SMILES string of the molecule is CC(C(=O)O)N(C)S(=O)(=O)c1ccc(C2CC2)cc1. The van der Waals surface area contributed by atoms with E-state index in [2.05, 4.69) is 0 Å². The van der Waals surface area contributed by atoms with E-state index in [4.69, 9.17) is 5.11 Å². The van der Waals surface area contributed by atoms with Gasteiger partial charge in [-0.15, -0.1) is 0 Å². The molecule has 1 unspecified atom stereocenters. The van der Waals surface area contributed by atoms with Crippen molar-refractivity contribution >= 4 is 16.0 Å². The summed E-state index contributed by atoms with van der Waals surface area (Å²) < 4.78 is 25.4. The van der Waals surface area contributed by atoms with Crippen LogP contribution in [0.5, 0.6) is 0 Å². The Labute approximate surface area is 112 Å². The molecule has 0 aliphatic heterocycles. The number of benzene rings is 1. The van der Waals surface area contributed by atoms with Crippen LogP contribution in [0.25, 0.3) is 0 Å². The van der Waals surface area contributed by atoms with E-state index in [0.717, 1.165) is 22.7 Å². The summed E-state index contributed by atoms with van der Waals surface area (Å²) in [6.45, 7) is 1.35. The molecule has 0 aromatic heterocycles. The van der Waals surface area contributed by atoms with Gasteiger partial charge in [0.05, 0.1) is 4.90 Å². The molecule has 19 heavy (non-hydrogen) atoms. The number of sulfonamides is 1. The quantitative estimate of drug-likeness (QED) is 0.891. The maximum Gasteiger partial charge on any atom is 0.321 e. The number of carboxylic acid groups (broad SMARTS) is 1. The second-order valence-corrected chi connectivity index (χ2v) is 6.88. The standard InChI is InChI=1S/C13H17NO4S/c1-9(13(15)16)14(2)19(17,18)12-7-5-11(6-8-12)10-3-4-10/h5-10H,3-4H2,1-2H3,(H,15,16). The van der Waals surface area contributed by atoms with Crippen LogP contribution in [0.15, 0.2) is 29.2 Å². The molecule has 0 heterocycles. The highest BCUT2D eigenvalue weighted by Crippen LogP contribution is 2.40. The second-order valence-electron chi connectivity index (χ2n) is 4.88. The molecule has 0 amide bonds. The lowest BCUT2D eigenvalue weighted by atomic mass is 10.1. The molecule has 0 radical (unpaired) electrons. The number of likely N-dealkylation sites (N-methyl/N-ethyl adjacent to an activating group) is 1. The normalized spacial score (nSPS) is 17.4. The fourth-order valence-electron chi connectivity index (χ4n) is 1.86. The van der Waals surface area contributed by atoms with Gasteiger partial charge in [-0.1, -0.05) is 12.1 Å². The van der Waals surface area contributed by atoms with Gasteiger partial charge in [0.1, 0.15) is 6.04 Å². The van der Waals surface area contributed by atoms with Gasteiger partial charge in [0.2, 0.25) is 10.0 Å². The van der Waals surface area contributed by atoms with Gasteiger partial charge >= 0.3 is 5.97 Å². The second kappa shape index (κ2) is 4.94. The highest BCUT2D eigenvalue weighted by atomic mass is 32.2. The molecular formula is C13H17NO4S.